The SMILES string of the molecule is CC(C)(C)OC(=O)Cc1ccc(-c2nc(-c3ccc(CC(NC(=O)Nc4ccc(-c5ccccc5F)cn4)C(=O)O)cc3F)no2)cc1. The summed E-state index contributed by atoms with van der Waals surface area (Å²) in [4.78, 5) is 45.0. The number of amides is 2. The van der Waals surface area contributed by atoms with Crippen LogP contribution in [0.3, 0.4) is 0 Å². The second-order valence-electron chi connectivity index (χ2n) is 11.8. The molecule has 0 saturated heterocycles. The van der Waals surface area contributed by atoms with Gasteiger partial charge in [-0.2, -0.15) is 4.98 Å². The van der Waals surface area contributed by atoms with Gasteiger partial charge in [0.2, 0.25) is 5.82 Å². The number of urea groups is 1. The fourth-order valence-electron chi connectivity index (χ4n) is 4.70. The minimum absolute atomic E-state index is 0.0207. The number of aromatic nitrogens is 3. The second-order valence-corrected chi connectivity index (χ2v) is 11.8. The Bertz CT molecular complexity index is 1940. The van der Waals surface area contributed by atoms with E-state index in [0.29, 0.717) is 22.3 Å². The van der Waals surface area contributed by atoms with Crippen LogP contribution in [-0.2, 0) is 27.2 Å². The van der Waals surface area contributed by atoms with E-state index in [-0.39, 0.29) is 41.9 Å². The van der Waals surface area contributed by atoms with Gasteiger partial charge in [0.05, 0.1) is 12.0 Å². The predicted octanol–water partition coefficient (Wildman–Crippen LogP) is 6.45. The van der Waals surface area contributed by atoms with Crippen molar-refractivity contribution in [2.45, 2.75) is 45.3 Å². The van der Waals surface area contributed by atoms with Crippen LogP contribution in [0, 0.1) is 11.6 Å². The molecule has 3 aromatic carbocycles. The van der Waals surface area contributed by atoms with E-state index in [9.17, 15) is 23.9 Å². The summed E-state index contributed by atoms with van der Waals surface area (Å²) in [5.74, 6) is -2.61. The molecule has 0 spiro atoms. The molecule has 0 saturated carbocycles. The highest BCUT2D eigenvalue weighted by Crippen LogP contribution is 2.26. The van der Waals surface area contributed by atoms with E-state index in [4.69, 9.17) is 9.26 Å². The number of carbonyl (C=O) groups is 3. The summed E-state index contributed by atoms with van der Waals surface area (Å²) < 4.78 is 39.9. The molecule has 11 nitrogen and oxygen atoms in total. The van der Waals surface area contributed by atoms with E-state index in [2.05, 4.69) is 25.8 Å². The number of hydrogen-bond acceptors (Lipinski definition) is 8. The average Bonchev–Trinajstić information content (AvgIpc) is 3.51. The first-order chi connectivity index (χ1) is 22.8. The molecule has 1 atom stereocenters. The normalized spacial score (nSPS) is 11.9. The smallest absolute Gasteiger partial charge is 0.326 e. The molecule has 5 rings (SSSR count). The molecule has 0 bridgehead atoms. The van der Waals surface area contributed by atoms with Gasteiger partial charge in [-0.05, 0) is 74.4 Å². The predicted molar refractivity (Wildman–Crippen MR) is 172 cm³/mol. The monoisotopic (exact) mass is 655 g/mol. The number of benzene rings is 3. The lowest BCUT2D eigenvalue weighted by Gasteiger charge is -2.19. The van der Waals surface area contributed by atoms with Crippen LogP contribution in [0.2, 0.25) is 0 Å². The van der Waals surface area contributed by atoms with Crippen LogP contribution in [-0.4, -0.2) is 49.8 Å². The zero-order valence-electron chi connectivity index (χ0n) is 26.2. The van der Waals surface area contributed by atoms with Crippen molar-refractivity contribution in [3.63, 3.8) is 0 Å². The van der Waals surface area contributed by atoms with Crippen LogP contribution in [0.1, 0.15) is 31.9 Å². The molecular formula is C35H31F2N5O6. The minimum Gasteiger partial charge on any atom is -0.480 e. The summed E-state index contributed by atoms with van der Waals surface area (Å²) in [5.41, 5.74) is 1.86. The van der Waals surface area contributed by atoms with E-state index in [1.54, 1.807) is 69.3 Å². The lowest BCUT2D eigenvalue weighted by atomic mass is 10.0. The zero-order chi connectivity index (χ0) is 34.4. The van der Waals surface area contributed by atoms with Crippen molar-refractivity contribution in [3.8, 4) is 34.0 Å². The molecule has 48 heavy (non-hydrogen) atoms. The van der Waals surface area contributed by atoms with E-state index in [0.717, 1.165) is 11.6 Å². The number of carboxylic acid groups (broad SMARTS) is 1. The molecule has 0 radical (unpaired) electrons. The van der Waals surface area contributed by atoms with Gasteiger partial charge in [-0.15, -0.1) is 0 Å². The van der Waals surface area contributed by atoms with Crippen molar-refractivity contribution in [2.75, 3.05) is 5.32 Å². The van der Waals surface area contributed by atoms with Crippen LogP contribution in [0.15, 0.2) is 89.6 Å². The van der Waals surface area contributed by atoms with Gasteiger partial charge in [-0.1, -0.05) is 41.6 Å². The molecular weight excluding hydrogens is 624 g/mol. The second kappa shape index (κ2) is 14.2. The summed E-state index contributed by atoms with van der Waals surface area (Å²) in [7, 11) is 0. The maximum Gasteiger partial charge on any atom is 0.326 e. The molecule has 2 aromatic heterocycles. The third kappa shape index (κ3) is 8.63. The lowest BCUT2D eigenvalue weighted by molar-refractivity contribution is -0.154. The highest BCUT2D eigenvalue weighted by molar-refractivity contribution is 5.91. The number of ether oxygens (including phenoxy) is 1. The van der Waals surface area contributed by atoms with Gasteiger partial charge < -0.3 is 19.7 Å². The maximum atomic E-state index is 15.2. The van der Waals surface area contributed by atoms with E-state index in [1.807, 2.05) is 0 Å². The Kier molecular flexibility index (Phi) is 9.88. The van der Waals surface area contributed by atoms with Gasteiger partial charge >= 0.3 is 18.0 Å². The number of aliphatic carboxylic acids is 1. The largest absolute Gasteiger partial charge is 0.480 e. The summed E-state index contributed by atoms with van der Waals surface area (Å²) in [6.07, 6.45) is 1.24. The first kappa shape index (κ1) is 33.4. The molecule has 3 N–H and O–H groups in total. The number of anilines is 1. The Morgan fingerprint density at radius 2 is 1.60 bits per heavy atom. The molecule has 1 unspecified atom stereocenters. The molecule has 0 aliphatic rings. The number of hydrogen-bond donors (Lipinski definition) is 3. The molecule has 2 heterocycles. The Morgan fingerprint density at radius 3 is 2.25 bits per heavy atom. The first-order valence-corrected chi connectivity index (χ1v) is 14.8. The Labute approximate surface area is 274 Å². The summed E-state index contributed by atoms with van der Waals surface area (Å²) in [6, 6.07) is 17.8. The standard InChI is InChI=1S/C35H31F2N5O6/c1-35(2,3)47-30(43)18-20-8-11-22(12-9-20)32-41-31(42-48-32)25-14-10-21(16-27(25)37)17-28(33(44)45)39-34(46)40-29-15-13-23(19-38-29)24-6-4-5-7-26(24)36/h4-16,19,28H,17-18H2,1-3H3,(H,44,45)(H2,38,39,40,46). The van der Waals surface area contributed by atoms with Gasteiger partial charge in [0, 0.05) is 29.3 Å². The van der Waals surface area contributed by atoms with Crippen LogP contribution in [0.25, 0.3) is 34.0 Å². The summed E-state index contributed by atoms with van der Waals surface area (Å²) in [6.45, 7) is 5.38. The van der Waals surface area contributed by atoms with Crippen molar-refractivity contribution in [1.82, 2.24) is 20.4 Å². The van der Waals surface area contributed by atoms with Crippen molar-refractivity contribution in [3.05, 3.63) is 108 Å². The van der Waals surface area contributed by atoms with Gasteiger partial charge in [-0.25, -0.2) is 23.4 Å². The highest BCUT2D eigenvalue weighted by atomic mass is 19.1. The van der Waals surface area contributed by atoms with Crippen molar-refractivity contribution in [2.24, 2.45) is 0 Å². The molecule has 2 amide bonds. The topological polar surface area (TPSA) is 157 Å². The molecule has 246 valence electrons. The molecule has 5 aromatic rings. The first-order valence-electron chi connectivity index (χ1n) is 14.8. The number of pyridine rings is 1. The Morgan fingerprint density at radius 1 is 0.896 bits per heavy atom. The van der Waals surface area contributed by atoms with Gasteiger partial charge in [0.25, 0.3) is 5.89 Å². The van der Waals surface area contributed by atoms with Crippen LogP contribution in [0.4, 0.5) is 19.4 Å². The van der Waals surface area contributed by atoms with Gasteiger partial charge in [0.15, 0.2) is 0 Å². The molecule has 0 aliphatic carbocycles. The third-order valence-electron chi connectivity index (χ3n) is 6.90. The number of esters is 1. The maximum absolute atomic E-state index is 15.2. The highest BCUT2D eigenvalue weighted by Gasteiger charge is 2.23. The number of carbonyl (C=O) groups excluding carboxylic acids is 2. The molecule has 0 fully saturated rings. The quantitative estimate of drug-likeness (QED) is 0.144. The lowest BCUT2D eigenvalue weighted by Crippen LogP contribution is -2.44. The number of nitrogens with one attached hydrogen (secondary N) is 2. The average molecular weight is 656 g/mol. The molecule has 13 heteroatoms. The van der Waals surface area contributed by atoms with Gasteiger partial charge in [0.1, 0.15) is 29.1 Å². The van der Waals surface area contributed by atoms with E-state index in [1.165, 1.54) is 30.5 Å². The zero-order valence-corrected chi connectivity index (χ0v) is 26.2. The van der Waals surface area contributed by atoms with E-state index < -0.39 is 35.3 Å². The number of rotatable bonds is 10. The minimum atomic E-state index is -1.40. The van der Waals surface area contributed by atoms with Crippen LogP contribution in [0.5, 0.6) is 0 Å². The van der Waals surface area contributed by atoms with Crippen molar-refractivity contribution in [1.29, 1.82) is 0 Å². The fraction of sp³-hybridized carbons (Fsp3) is 0.200. The van der Waals surface area contributed by atoms with Crippen LogP contribution >= 0.6 is 0 Å². The Balaban J connectivity index is 1.20. The van der Waals surface area contributed by atoms with Crippen LogP contribution < -0.4 is 10.6 Å². The Hall–Kier alpha value is -5.98. The summed E-state index contributed by atoms with van der Waals surface area (Å²) in [5, 5.41) is 18.4. The number of nitrogens with zero attached hydrogens (tertiary/aromatic N) is 3. The number of halogens is 2. The third-order valence-corrected chi connectivity index (χ3v) is 6.90. The van der Waals surface area contributed by atoms with Crippen molar-refractivity contribution < 1.29 is 37.5 Å². The number of carboxylic acids is 1. The van der Waals surface area contributed by atoms with Crippen molar-refractivity contribution >= 4 is 23.8 Å². The van der Waals surface area contributed by atoms with E-state index >= 15 is 4.39 Å². The fourth-order valence-corrected chi connectivity index (χ4v) is 4.70. The summed E-state index contributed by atoms with van der Waals surface area (Å²) >= 11 is 0. The molecule has 0 aliphatic heterocycles. The van der Waals surface area contributed by atoms with Gasteiger partial charge in [-0.3, -0.25) is 10.1 Å².